The lowest BCUT2D eigenvalue weighted by atomic mass is 10.1. The van der Waals surface area contributed by atoms with Crippen LogP contribution in [0.1, 0.15) is 12.6 Å². The standard InChI is InChI=1S/C10H12N2O5S/c1-3-4-17-9(15)12-8-11-6(5-18-8)10(2,16)7(13)14/h3,5,16H,1,4H2,2H3,(H,13,14)(H,11,12,15). The van der Waals surface area contributed by atoms with Gasteiger partial charge < -0.3 is 14.9 Å². The van der Waals surface area contributed by atoms with Crippen LogP contribution < -0.4 is 5.32 Å². The van der Waals surface area contributed by atoms with E-state index in [0.717, 1.165) is 18.3 Å². The van der Waals surface area contributed by atoms with Crippen LogP contribution in [0.2, 0.25) is 0 Å². The lowest BCUT2D eigenvalue weighted by molar-refractivity contribution is -0.157. The van der Waals surface area contributed by atoms with Gasteiger partial charge in [-0.1, -0.05) is 12.7 Å². The highest BCUT2D eigenvalue weighted by atomic mass is 32.1. The van der Waals surface area contributed by atoms with Gasteiger partial charge >= 0.3 is 12.1 Å². The zero-order valence-electron chi connectivity index (χ0n) is 9.54. The van der Waals surface area contributed by atoms with Crippen molar-refractivity contribution in [3.8, 4) is 0 Å². The van der Waals surface area contributed by atoms with Crippen molar-refractivity contribution in [1.29, 1.82) is 0 Å². The molecule has 1 rings (SSSR count). The summed E-state index contributed by atoms with van der Waals surface area (Å²) in [5.74, 6) is -1.42. The van der Waals surface area contributed by atoms with Gasteiger partial charge in [0, 0.05) is 5.38 Å². The smallest absolute Gasteiger partial charge is 0.413 e. The number of ether oxygens (including phenoxy) is 1. The van der Waals surface area contributed by atoms with E-state index in [0.29, 0.717) is 0 Å². The number of aromatic nitrogens is 1. The molecule has 0 aromatic carbocycles. The van der Waals surface area contributed by atoms with Crippen molar-refractivity contribution in [3.63, 3.8) is 0 Å². The molecule has 0 aliphatic heterocycles. The Balaban J connectivity index is 2.72. The van der Waals surface area contributed by atoms with E-state index < -0.39 is 17.7 Å². The van der Waals surface area contributed by atoms with E-state index in [9.17, 15) is 14.7 Å². The van der Waals surface area contributed by atoms with Crippen LogP contribution in [-0.2, 0) is 15.1 Å². The van der Waals surface area contributed by atoms with E-state index in [1.807, 2.05) is 0 Å². The number of thiazole rings is 1. The predicted octanol–water partition coefficient (Wildman–Crippen LogP) is 1.17. The second kappa shape index (κ2) is 5.61. The Morgan fingerprint density at radius 2 is 2.39 bits per heavy atom. The average Bonchev–Trinajstić information content (AvgIpc) is 2.75. The number of nitrogens with zero attached hydrogens (tertiary/aromatic N) is 1. The highest BCUT2D eigenvalue weighted by Crippen LogP contribution is 2.25. The summed E-state index contributed by atoms with van der Waals surface area (Å²) in [5, 5.41) is 22.2. The minimum atomic E-state index is -2.10. The maximum Gasteiger partial charge on any atom is 0.413 e. The lowest BCUT2D eigenvalue weighted by Crippen LogP contribution is -2.32. The summed E-state index contributed by atoms with van der Waals surface area (Å²) in [6.07, 6.45) is 0.674. The molecule has 0 fully saturated rings. The van der Waals surface area contributed by atoms with Gasteiger partial charge in [-0.2, -0.15) is 0 Å². The number of carboxylic acids is 1. The molecule has 8 heteroatoms. The van der Waals surface area contributed by atoms with Crippen LogP contribution >= 0.6 is 11.3 Å². The number of carbonyl (C=O) groups excluding carboxylic acids is 1. The van der Waals surface area contributed by atoms with Crippen molar-refractivity contribution in [3.05, 3.63) is 23.7 Å². The van der Waals surface area contributed by atoms with Crippen LogP contribution in [0.5, 0.6) is 0 Å². The average molecular weight is 272 g/mol. The third-order valence-corrected chi connectivity index (χ3v) is 2.72. The SMILES string of the molecule is C=CCOC(=O)Nc1nc(C(C)(O)C(=O)O)cs1. The van der Waals surface area contributed by atoms with Crippen molar-refractivity contribution < 1.29 is 24.5 Å². The van der Waals surface area contributed by atoms with Crippen molar-refractivity contribution >= 4 is 28.5 Å². The lowest BCUT2D eigenvalue weighted by Gasteiger charge is -2.14. The number of carboxylic acid groups (broad SMARTS) is 1. The summed E-state index contributed by atoms with van der Waals surface area (Å²) in [4.78, 5) is 25.8. The minimum absolute atomic E-state index is 0.0525. The Labute approximate surface area is 107 Å². The van der Waals surface area contributed by atoms with Crippen LogP contribution in [0.3, 0.4) is 0 Å². The van der Waals surface area contributed by atoms with E-state index in [1.54, 1.807) is 0 Å². The normalized spacial score (nSPS) is 13.4. The van der Waals surface area contributed by atoms with E-state index in [-0.39, 0.29) is 17.4 Å². The summed E-state index contributed by atoms with van der Waals surface area (Å²) < 4.78 is 4.66. The summed E-state index contributed by atoms with van der Waals surface area (Å²) in [5.41, 5.74) is -2.15. The first kappa shape index (κ1) is 14.1. The van der Waals surface area contributed by atoms with Gasteiger partial charge in [-0.25, -0.2) is 14.6 Å². The molecule has 7 nitrogen and oxygen atoms in total. The van der Waals surface area contributed by atoms with Crippen LogP contribution in [0, 0.1) is 0 Å². The molecule has 98 valence electrons. The van der Waals surface area contributed by atoms with Gasteiger partial charge in [-0.3, -0.25) is 5.32 Å². The summed E-state index contributed by atoms with van der Waals surface area (Å²) in [6.45, 7) is 4.53. The molecule has 1 aromatic rings. The number of hydrogen-bond donors (Lipinski definition) is 3. The maximum absolute atomic E-state index is 11.2. The zero-order valence-corrected chi connectivity index (χ0v) is 10.4. The van der Waals surface area contributed by atoms with Gasteiger partial charge in [0.05, 0.1) is 5.69 Å². The Morgan fingerprint density at radius 3 is 2.94 bits per heavy atom. The molecule has 1 atom stereocenters. The van der Waals surface area contributed by atoms with Gasteiger partial charge in [0.1, 0.15) is 6.61 Å². The van der Waals surface area contributed by atoms with E-state index in [1.165, 1.54) is 11.5 Å². The Morgan fingerprint density at radius 1 is 1.72 bits per heavy atom. The number of hydrogen-bond acceptors (Lipinski definition) is 6. The molecule has 0 radical (unpaired) electrons. The molecule has 1 heterocycles. The van der Waals surface area contributed by atoms with Gasteiger partial charge in [-0.15, -0.1) is 11.3 Å². The third-order valence-electron chi connectivity index (χ3n) is 1.96. The maximum atomic E-state index is 11.2. The molecule has 0 aliphatic carbocycles. The molecule has 1 unspecified atom stereocenters. The fraction of sp³-hybridized carbons (Fsp3) is 0.300. The van der Waals surface area contributed by atoms with Gasteiger partial charge in [-0.05, 0) is 6.92 Å². The fourth-order valence-corrected chi connectivity index (χ4v) is 1.72. The molecular weight excluding hydrogens is 260 g/mol. The molecule has 0 spiro atoms. The van der Waals surface area contributed by atoms with Crippen LogP contribution in [0.25, 0.3) is 0 Å². The van der Waals surface area contributed by atoms with E-state index in [2.05, 4.69) is 21.6 Å². The second-order valence-corrected chi connectivity index (χ2v) is 4.29. The molecule has 0 aliphatic rings. The number of amides is 1. The predicted molar refractivity (Wildman–Crippen MR) is 64.5 cm³/mol. The third kappa shape index (κ3) is 3.28. The van der Waals surface area contributed by atoms with Crippen LogP contribution in [0.4, 0.5) is 9.93 Å². The Kier molecular flexibility index (Phi) is 4.40. The van der Waals surface area contributed by atoms with Crippen LogP contribution in [0.15, 0.2) is 18.0 Å². The van der Waals surface area contributed by atoms with Gasteiger partial charge in [0.15, 0.2) is 5.13 Å². The number of aliphatic hydroxyl groups is 1. The first-order chi connectivity index (χ1) is 8.37. The molecule has 0 bridgehead atoms. The number of aliphatic carboxylic acids is 1. The van der Waals surface area contributed by atoms with E-state index >= 15 is 0 Å². The Bertz CT molecular complexity index is 469. The number of nitrogens with one attached hydrogen (secondary N) is 1. The first-order valence-corrected chi connectivity index (χ1v) is 5.72. The number of anilines is 1. The van der Waals surface area contributed by atoms with Crippen molar-refractivity contribution in [2.75, 3.05) is 11.9 Å². The molecule has 3 N–H and O–H groups in total. The number of rotatable bonds is 5. The summed E-state index contributed by atoms with van der Waals surface area (Å²) in [7, 11) is 0. The minimum Gasteiger partial charge on any atom is -0.479 e. The van der Waals surface area contributed by atoms with Crippen molar-refractivity contribution in [1.82, 2.24) is 4.98 Å². The molecule has 18 heavy (non-hydrogen) atoms. The highest BCUT2D eigenvalue weighted by Gasteiger charge is 2.35. The first-order valence-electron chi connectivity index (χ1n) is 4.84. The molecule has 1 amide bonds. The summed E-state index contributed by atoms with van der Waals surface area (Å²) in [6, 6.07) is 0. The Hall–Kier alpha value is -1.93. The van der Waals surface area contributed by atoms with Crippen molar-refractivity contribution in [2.24, 2.45) is 0 Å². The monoisotopic (exact) mass is 272 g/mol. The topological polar surface area (TPSA) is 109 Å². The van der Waals surface area contributed by atoms with Gasteiger partial charge in [0.25, 0.3) is 0 Å². The molecule has 0 saturated carbocycles. The fourth-order valence-electron chi connectivity index (χ4n) is 0.922. The molecule has 1 aromatic heterocycles. The van der Waals surface area contributed by atoms with E-state index in [4.69, 9.17) is 5.11 Å². The molecule has 0 saturated heterocycles. The van der Waals surface area contributed by atoms with Crippen molar-refractivity contribution in [2.45, 2.75) is 12.5 Å². The van der Waals surface area contributed by atoms with Crippen LogP contribution in [-0.4, -0.2) is 33.9 Å². The van der Waals surface area contributed by atoms with Gasteiger partial charge in [0.2, 0.25) is 5.60 Å². The molecular formula is C10H12N2O5S. The highest BCUT2D eigenvalue weighted by molar-refractivity contribution is 7.13. The quantitative estimate of drug-likeness (QED) is 0.694. The largest absolute Gasteiger partial charge is 0.479 e. The summed E-state index contributed by atoms with van der Waals surface area (Å²) >= 11 is 0.983. The number of carbonyl (C=O) groups is 2. The zero-order chi connectivity index (χ0) is 13.8. The second-order valence-electron chi connectivity index (χ2n) is 3.43.